The molecule has 0 aliphatic carbocycles. The van der Waals surface area contributed by atoms with E-state index in [0.29, 0.717) is 35.4 Å². The van der Waals surface area contributed by atoms with E-state index in [1.165, 1.54) is 0 Å². The van der Waals surface area contributed by atoms with Gasteiger partial charge in [0.15, 0.2) is 0 Å². The van der Waals surface area contributed by atoms with Gasteiger partial charge in [-0.1, -0.05) is 18.2 Å². The second-order valence-electron chi connectivity index (χ2n) is 9.76. The Morgan fingerprint density at radius 1 is 1.11 bits per heavy atom. The molecule has 0 unspecified atom stereocenters. The van der Waals surface area contributed by atoms with Gasteiger partial charge in [0.25, 0.3) is 5.56 Å². The minimum Gasteiger partial charge on any atom is -0.394 e. The van der Waals surface area contributed by atoms with Gasteiger partial charge in [-0.25, -0.2) is 4.98 Å². The van der Waals surface area contributed by atoms with Crippen LogP contribution in [0.5, 0.6) is 0 Å². The third-order valence-corrected chi connectivity index (χ3v) is 7.20. The van der Waals surface area contributed by atoms with Crippen LogP contribution in [0.4, 0.5) is 5.95 Å². The van der Waals surface area contributed by atoms with E-state index in [0.717, 1.165) is 48.0 Å². The van der Waals surface area contributed by atoms with Crippen LogP contribution in [-0.4, -0.2) is 69.2 Å². The summed E-state index contributed by atoms with van der Waals surface area (Å²) in [5, 5.41) is 23.9. The summed E-state index contributed by atoms with van der Waals surface area (Å²) in [5.74, 6) is 0.655. The highest BCUT2D eigenvalue weighted by atomic mass is 16.3. The van der Waals surface area contributed by atoms with Gasteiger partial charge in [-0.05, 0) is 56.8 Å². The van der Waals surface area contributed by atoms with Crippen LogP contribution in [0.3, 0.4) is 0 Å². The third-order valence-electron chi connectivity index (χ3n) is 7.20. The smallest absolute Gasteiger partial charge is 0.263 e. The number of anilines is 1. The highest BCUT2D eigenvalue weighted by Gasteiger charge is 2.26. The van der Waals surface area contributed by atoms with Gasteiger partial charge in [-0.2, -0.15) is 10.4 Å². The van der Waals surface area contributed by atoms with Crippen molar-refractivity contribution < 1.29 is 5.11 Å². The Kier molecular flexibility index (Phi) is 6.78. The lowest BCUT2D eigenvalue weighted by Crippen LogP contribution is -2.44. The first-order chi connectivity index (χ1) is 17.9. The Labute approximate surface area is 215 Å². The Morgan fingerprint density at radius 2 is 1.81 bits per heavy atom. The molecule has 37 heavy (non-hydrogen) atoms. The van der Waals surface area contributed by atoms with Crippen LogP contribution < -0.4 is 10.5 Å². The van der Waals surface area contributed by atoms with Gasteiger partial charge in [0, 0.05) is 43.3 Å². The minimum atomic E-state index is -0.124. The Morgan fingerprint density at radius 3 is 2.46 bits per heavy atom. The fourth-order valence-electron chi connectivity index (χ4n) is 5.08. The molecular weight excluding hydrogens is 466 g/mol. The minimum absolute atomic E-state index is 0.00139. The number of aliphatic hydroxyl groups excluding tert-OH is 1. The lowest BCUT2D eigenvalue weighted by atomic mass is 9.98. The molecule has 1 fully saturated rings. The largest absolute Gasteiger partial charge is 0.394 e. The van der Waals surface area contributed by atoms with E-state index >= 15 is 0 Å². The maximum absolute atomic E-state index is 13.9. The van der Waals surface area contributed by atoms with Crippen LogP contribution >= 0.6 is 0 Å². The molecule has 1 aliphatic rings. The summed E-state index contributed by atoms with van der Waals surface area (Å²) in [7, 11) is 6.00. The predicted octanol–water partition coefficient (Wildman–Crippen LogP) is 2.86. The second-order valence-corrected chi connectivity index (χ2v) is 9.76. The SMILES string of the molecule is CN(C)C1CCN(c2nc(-c3ccc(C#N)cc3)c(-c3ccc4nn(CCO)cc4c3)c(=O)n2C)CC1. The molecule has 0 radical (unpaired) electrons. The van der Waals surface area contributed by atoms with Crippen molar-refractivity contribution in [2.24, 2.45) is 7.05 Å². The second kappa shape index (κ2) is 10.2. The number of rotatable bonds is 6. The Hall–Kier alpha value is -4.00. The lowest BCUT2D eigenvalue weighted by Gasteiger charge is -2.36. The van der Waals surface area contributed by atoms with Crippen molar-refractivity contribution in [1.29, 1.82) is 5.26 Å². The van der Waals surface area contributed by atoms with Crippen LogP contribution in [0.25, 0.3) is 33.3 Å². The number of benzene rings is 2. The summed E-state index contributed by atoms with van der Waals surface area (Å²) in [6.07, 6.45) is 3.88. The molecule has 0 bridgehead atoms. The monoisotopic (exact) mass is 497 g/mol. The summed E-state index contributed by atoms with van der Waals surface area (Å²) in [4.78, 5) is 23.5. The molecule has 9 nitrogen and oxygen atoms in total. The van der Waals surface area contributed by atoms with Gasteiger partial charge in [0.05, 0.1) is 41.6 Å². The fourth-order valence-corrected chi connectivity index (χ4v) is 5.08. The van der Waals surface area contributed by atoms with Gasteiger partial charge < -0.3 is 14.9 Å². The molecule has 190 valence electrons. The topological polar surface area (TPSA) is 103 Å². The van der Waals surface area contributed by atoms with Gasteiger partial charge in [0.1, 0.15) is 0 Å². The Balaban J connectivity index is 1.65. The maximum Gasteiger partial charge on any atom is 0.263 e. The van der Waals surface area contributed by atoms with Crippen molar-refractivity contribution in [3.05, 3.63) is 64.6 Å². The Bertz CT molecular complexity index is 1520. The summed E-state index contributed by atoms with van der Waals surface area (Å²) >= 11 is 0. The number of nitriles is 1. The normalized spacial score (nSPS) is 14.4. The summed E-state index contributed by atoms with van der Waals surface area (Å²) in [6, 6.07) is 15.6. The van der Waals surface area contributed by atoms with E-state index in [1.807, 2.05) is 36.5 Å². The van der Waals surface area contributed by atoms with E-state index in [-0.39, 0.29) is 12.2 Å². The number of piperidine rings is 1. The van der Waals surface area contributed by atoms with Gasteiger partial charge in [0.2, 0.25) is 5.95 Å². The van der Waals surface area contributed by atoms with E-state index in [2.05, 4.69) is 35.1 Å². The summed E-state index contributed by atoms with van der Waals surface area (Å²) in [6.45, 7) is 2.06. The predicted molar refractivity (Wildman–Crippen MR) is 144 cm³/mol. The number of fused-ring (bicyclic) bond motifs is 1. The first kappa shape index (κ1) is 24.7. The van der Waals surface area contributed by atoms with Crippen LogP contribution in [0, 0.1) is 11.3 Å². The van der Waals surface area contributed by atoms with Crippen LogP contribution in [0.1, 0.15) is 18.4 Å². The zero-order chi connectivity index (χ0) is 26.1. The van der Waals surface area contributed by atoms with Crippen molar-refractivity contribution >= 4 is 16.9 Å². The van der Waals surface area contributed by atoms with E-state index < -0.39 is 0 Å². The fraction of sp³-hybridized carbons (Fsp3) is 0.357. The first-order valence-electron chi connectivity index (χ1n) is 12.5. The molecule has 1 saturated heterocycles. The standard InChI is InChI=1S/C28H31N7O2/c1-32(2)23-10-12-34(13-11-23)28-30-26(20-6-4-19(17-29)5-7-20)25(27(37)33(28)3)21-8-9-24-22(16-21)18-35(31-24)14-15-36/h4-9,16,18,23,36H,10-15H2,1-3H3. The van der Waals surface area contributed by atoms with Crippen LogP contribution in [-0.2, 0) is 13.6 Å². The number of aromatic nitrogens is 4. The van der Waals surface area contributed by atoms with Crippen LogP contribution in [0.15, 0.2) is 53.5 Å². The van der Waals surface area contributed by atoms with Crippen molar-refractivity contribution in [3.8, 4) is 28.5 Å². The lowest BCUT2D eigenvalue weighted by molar-refractivity contribution is 0.248. The molecule has 3 heterocycles. The molecule has 2 aromatic carbocycles. The van der Waals surface area contributed by atoms with Crippen molar-refractivity contribution in [1.82, 2.24) is 24.2 Å². The van der Waals surface area contributed by atoms with Crippen LogP contribution in [0.2, 0.25) is 0 Å². The molecule has 0 atom stereocenters. The molecule has 5 rings (SSSR count). The summed E-state index contributed by atoms with van der Waals surface area (Å²) in [5.41, 5.74) is 3.87. The number of nitrogens with zero attached hydrogens (tertiary/aromatic N) is 7. The van der Waals surface area contributed by atoms with E-state index in [9.17, 15) is 15.2 Å². The highest BCUT2D eigenvalue weighted by Crippen LogP contribution is 2.32. The quantitative estimate of drug-likeness (QED) is 0.437. The highest BCUT2D eigenvalue weighted by molar-refractivity contribution is 5.88. The van der Waals surface area contributed by atoms with Gasteiger partial charge in [-0.15, -0.1) is 0 Å². The maximum atomic E-state index is 13.9. The zero-order valence-electron chi connectivity index (χ0n) is 21.4. The number of hydrogen-bond acceptors (Lipinski definition) is 7. The van der Waals surface area contributed by atoms with Crippen molar-refractivity contribution in [2.75, 3.05) is 38.7 Å². The molecule has 1 N–H and O–H groups in total. The van der Waals surface area contributed by atoms with Gasteiger partial charge >= 0.3 is 0 Å². The number of hydrogen-bond donors (Lipinski definition) is 1. The molecule has 2 aromatic heterocycles. The molecular formula is C28H31N7O2. The first-order valence-corrected chi connectivity index (χ1v) is 12.5. The number of aliphatic hydroxyl groups is 1. The van der Waals surface area contributed by atoms with E-state index in [4.69, 9.17) is 4.98 Å². The zero-order valence-corrected chi connectivity index (χ0v) is 21.4. The van der Waals surface area contributed by atoms with Crippen molar-refractivity contribution in [2.45, 2.75) is 25.4 Å². The third kappa shape index (κ3) is 4.73. The van der Waals surface area contributed by atoms with Crippen molar-refractivity contribution in [3.63, 3.8) is 0 Å². The molecule has 0 saturated carbocycles. The molecule has 0 amide bonds. The molecule has 4 aromatic rings. The average molecular weight is 498 g/mol. The summed E-state index contributed by atoms with van der Waals surface area (Å²) < 4.78 is 3.35. The molecule has 0 spiro atoms. The molecule has 1 aliphatic heterocycles. The average Bonchev–Trinajstić information content (AvgIpc) is 3.32. The van der Waals surface area contributed by atoms with E-state index in [1.54, 1.807) is 28.4 Å². The van der Waals surface area contributed by atoms with Gasteiger partial charge in [-0.3, -0.25) is 14.0 Å². The molecule has 9 heteroatoms.